The largest absolute Gasteiger partial charge is 0.465 e. The smallest absolute Gasteiger partial charge is 0.404 e. The van der Waals surface area contributed by atoms with Crippen molar-refractivity contribution in [1.82, 2.24) is 19.9 Å². The molecule has 1 aromatic carbocycles. The van der Waals surface area contributed by atoms with Gasteiger partial charge in [0.1, 0.15) is 11.3 Å². The minimum Gasteiger partial charge on any atom is -0.465 e. The third-order valence-corrected chi connectivity index (χ3v) is 5.73. The summed E-state index contributed by atoms with van der Waals surface area (Å²) in [7, 11) is 0. The maximum absolute atomic E-state index is 10.9. The molecule has 3 aromatic rings. The van der Waals surface area contributed by atoms with Crippen LogP contribution in [0.4, 0.5) is 4.79 Å². The molecule has 2 atom stereocenters. The van der Waals surface area contributed by atoms with E-state index in [2.05, 4.69) is 33.9 Å². The molecule has 0 saturated carbocycles. The first-order valence-electron chi connectivity index (χ1n) is 10.5. The fraction of sp³-hybridized carbons (Fsp3) is 0.500. The number of hydrogen-bond acceptors (Lipinski definition) is 4. The minimum atomic E-state index is -0.948. The van der Waals surface area contributed by atoms with Gasteiger partial charge in [0.05, 0.1) is 23.3 Å². The van der Waals surface area contributed by atoms with Crippen LogP contribution in [0.15, 0.2) is 30.5 Å². The highest BCUT2D eigenvalue weighted by molar-refractivity contribution is 6.02. The quantitative estimate of drug-likeness (QED) is 0.586. The molecule has 0 aliphatic carbocycles. The topological polar surface area (TPSA) is 89.3 Å². The van der Waals surface area contributed by atoms with E-state index in [1.54, 1.807) is 0 Å². The molecule has 154 valence electrons. The monoisotopic (exact) mass is 396 g/mol. The summed E-state index contributed by atoms with van der Waals surface area (Å²) in [4.78, 5) is 20.2. The molecule has 2 unspecified atom stereocenters. The van der Waals surface area contributed by atoms with E-state index in [1.807, 2.05) is 18.3 Å². The zero-order valence-electron chi connectivity index (χ0n) is 16.8. The van der Waals surface area contributed by atoms with Crippen LogP contribution in [0.5, 0.6) is 0 Å². The van der Waals surface area contributed by atoms with Crippen LogP contribution < -0.4 is 5.32 Å². The lowest BCUT2D eigenvalue weighted by Gasteiger charge is -2.29. The standard InChI is InChI=1S/C22H28N4O3/c1-2-20-25-19-14-23-18-9-4-3-8-17(18)21(19)26(20)11-6-5-7-16-13-15(10-12-29-16)24-22(27)28/h3-4,8-9,14-16,24H,2,5-7,10-13H2,1H3,(H,27,28). The molecule has 2 aromatic heterocycles. The van der Waals surface area contributed by atoms with Crippen LogP contribution >= 0.6 is 0 Å². The number of aromatic nitrogens is 3. The highest BCUT2D eigenvalue weighted by Gasteiger charge is 2.23. The van der Waals surface area contributed by atoms with Crippen molar-refractivity contribution in [2.24, 2.45) is 0 Å². The molecule has 29 heavy (non-hydrogen) atoms. The lowest BCUT2D eigenvalue weighted by atomic mass is 9.99. The summed E-state index contributed by atoms with van der Waals surface area (Å²) in [5.41, 5.74) is 3.13. The van der Waals surface area contributed by atoms with Gasteiger partial charge in [-0.3, -0.25) is 4.98 Å². The van der Waals surface area contributed by atoms with Crippen molar-refractivity contribution in [3.8, 4) is 0 Å². The van der Waals surface area contributed by atoms with Crippen molar-refractivity contribution in [3.05, 3.63) is 36.3 Å². The third kappa shape index (κ3) is 4.34. The number of benzene rings is 1. The van der Waals surface area contributed by atoms with Gasteiger partial charge in [0.2, 0.25) is 0 Å². The number of imidazole rings is 1. The van der Waals surface area contributed by atoms with Crippen LogP contribution in [0.2, 0.25) is 0 Å². The molecule has 1 fully saturated rings. The van der Waals surface area contributed by atoms with Crippen molar-refractivity contribution >= 4 is 28.0 Å². The Hall–Kier alpha value is -2.67. The van der Waals surface area contributed by atoms with Crippen molar-refractivity contribution in [1.29, 1.82) is 0 Å². The predicted molar refractivity (Wildman–Crippen MR) is 112 cm³/mol. The molecule has 0 bridgehead atoms. The molecule has 3 heterocycles. The van der Waals surface area contributed by atoms with Crippen molar-refractivity contribution in [2.75, 3.05) is 6.61 Å². The van der Waals surface area contributed by atoms with E-state index in [-0.39, 0.29) is 12.1 Å². The second kappa shape index (κ2) is 8.78. The number of aryl methyl sites for hydroxylation is 2. The second-order valence-electron chi connectivity index (χ2n) is 7.70. The van der Waals surface area contributed by atoms with E-state index in [9.17, 15) is 4.79 Å². The highest BCUT2D eigenvalue weighted by atomic mass is 16.5. The molecular weight excluding hydrogens is 368 g/mol. The molecule has 2 N–H and O–H groups in total. The molecular formula is C22H28N4O3. The van der Waals surface area contributed by atoms with E-state index in [0.717, 1.165) is 67.3 Å². The maximum Gasteiger partial charge on any atom is 0.404 e. The summed E-state index contributed by atoms with van der Waals surface area (Å²) in [6, 6.07) is 8.23. The first-order chi connectivity index (χ1) is 14.2. The molecule has 7 heteroatoms. The summed E-state index contributed by atoms with van der Waals surface area (Å²) in [5.74, 6) is 1.10. The van der Waals surface area contributed by atoms with E-state index in [4.69, 9.17) is 14.8 Å². The molecule has 0 spiro atoms. The molecule has 7 nitrogen and oxygen atoms in total. The van der Waals surface area contributed by atoms with E-state index >= 15 is 0 Å². The fourth-order valence-electron chi connectivity index (χ4n) is 4.35. The molecule has 4 rings (SSSR count). The van der Waals surface area contributed by atoms with Gasteiger partial charge in [-0.25, -0.2) is 9.78 Å². The summed E-state index contributed by atoms with van der Waals surface area (Å²) in [6.07, 6.45) is 6.49. The van der Waals surface area contributed by atoms with Crippen LogP contribution in [0.1, 0.15) is 44.9 Å². The zero-order valence-corrected chi connectivity index (χ0v) is 16.8. The lowest BCUT2D eigenvalue weighted by molar-refractivity contribution is -0.00333. The average molecular weight is 396 g/mol. The number of rotatable bonds is 7. The number of pyridine rings is 1. The number of unbranched alkanes of at least 4 members (excludes halogenated alkanes) is 1. The summed E-state index contributed by atoms with van der Waals surface area (Å²) in [6.45, 7) is 3.68. The van der Waals surface area contributed by atoms with Crippen LogP contribution in [-0.2, 0) is 17.7 Å². The van der Waals surface area contributed by atoms with Crippen molar-refractivity contribution < 1.29 is 14.6 Å². The van der Waals surface area contributed by atoms with Gasteiger partial charge in [-0.15, -0.1) is 0 Å². The molecule has 1 saturated heterocycles. The summed E-state index contributed by atoms with van der Waals surface area (Å²) < 4.78 is 8.18. The van der Waals surface area contributed by atoms with Gasteiger partial charge in [0.25, 0.3) is 0 Å². The Kier molecular flexibility index (Phi) is 5.94. The number of nitrogens with one attached hydrogen (secondary N) is 1. The Morgan fingerprint density at radius 2 is 2.17 bits per heavy atom. The summed E-state index contributed by atoms with van der Waals surface area (Å²) >= 11 is 0. The Morgan fingerprint density at radius 1 is 1.31 bits per heavy atom. The van der Waals surface area contributed by atoms with Crippen LogP contribution in [-0.4, -0.2) is 44.5 Å². The van der Waals surface area contributed by atoms with Gasteiger partial charge in [0, 0.05) is 31.0 Å². The number of fused-ring (bicyclic) bond motifs is 3. The first kappa shape index (κ1) is 19.6. The molecule has 1 aliphatic rings. The Bertz CT molecular complexity index is 1000. The number of carbonyl (C=O) groups is 1. The zero-order chi connectivity index (χ0) is 20.2. The summed E-state index contributed by atoms with van der Waals surface area (Å²) in [5, 5.41) is 12.7. The van der Waals surface area contributed by atoms with Gasteiger partial charge in [-0.1, -0.05) is 25.1 Å². The van der Waals surface area contributed by atoms with E-state index in [1.165, 1.54) is 5.52 Å². The normalized spacial score (nSPS) is 19.6. The maximum atomic E-state index is 10.9. The number of ether oxygens (including phenoxy) is 1. The van der Waals surface area contributed by atoms with Gasteiger partial charge in [-0.05, 0) is 38.2 Å². The first-order valence-corrected chi connectivity index (χ1v) is 10.5. The Labute approximate surface area is 170 Å². The number of para-hydroxylation sites is 1. The van der Waals surface area contributed by atoms with Crippen LogP contribution in [0.25, 0.3) is 21.9 Å². The van der Waals surface area contributed by atoms with Crippen LogP contribution in [0.3, 0.4) is 0 Å². The van der Waals surface area contributed by atoms with Crippen molar-refractivity contribution in [3.63, 3.8) is 0 Å². The molecule has 1 aliphatic heterocycles. The van der Waals surface area contributed by atoms with E-state index in [0.29, 0.717) is 6.61 Å². The number of carboxylic acid groups (broad SMARTS) is 1. The van der Waals surface area contributed by atoms with Gasteiger partial charge in [0.15, 0.2) is 0 Å². The molecule has 0 radical (unpaired) electrons. The third-order valence-electron chi connectivity index (χ3n) is 5.73. The lowest BCUT2D eigenvalue weighted by Crippen LogP contribution is -2.41. The number of amides is 1. The molecule has 1 amide bonds. The van der Waals surface area contributed by atoms with Gasteiger partial charge in [-0.2, -0.15) is 0 Å². The Morgan fingerprint density at radius 3 is 3.00 bits per heavy atom. The SMILES string of the molecule is CCc1nc2cnc3ccccc3c2n1CCCCC1CC(NC(=O)O)CCO1. The van der Waals surface area contributed by atoms with Gasteiger partial charge >= 0.3 is 6.09 Å². The minimum absolute atomic E-state index is 0.00870. The predicted octanol–water partition coefficient (Wildman–Crippen LogP) is 4.13. The van der Waals surface area contributed by atoms with E-state index < -0.39 is 6.09 Å². The number of hydrogen-bond donors (Lipinski definition) is 2. The Balaban J connectivity index is 1.42. The van der Waals surface area contributed by atoms with Crippen molar-refractivity contribution in [2.45, 2.75) is 64.1 Å². The average Bonchev–Trinajstić information content (AvgIpc) is 3.09. The highest BCUT2D eigenvalue weighted by Crippen LogP contribution is 2.26. The fourth-order valence-corrected chi connectivity index (χ4v) is 4.35. The van der Waals surface area contributed by atoms with Crippen LogP contribution in [0, 0.1) is 0 Å². The van der Waals surface area contributed by atoms with Gasteiger partial charge < -0.3 is 19.7 Å². The number of nitrogens with zero attached hydrogens (tertiary/aromatic N) is 3. The second-order valence-corrected chi connectivity index (χ2v) is 7.70.